The van der Waals surface area contributed by atoms with Gasteiger partial charge in [-0.2, -0.15) is 0 Å². The zero-order valence-corrected chi connectivity index (χ0v) is 19.6. The molecule has 0 amide bonds. The first-order valence-corrected chi connectivity index (χ1v) is 13.2. The highest BCUT2D eigenvalue weighted by atomic mass is 32.2. The highest BCUT2D eigenvalue weighted by molar-refractivity contribution is 7.93. The molecule has 2 aromatic carbocycles. The van der Waals surface area contributed by atoms with E-state index in [1.807, 2.05) is 0 Å². The zero-order chi connectivity index (χ0) is 23.9. The molecule has 1 unspecified atom stereocenters. The van der Waals surface area contributed by atoms with E-state index >= 15 is 4.39 Å². The molecule has 0 aliphatic carbocycles. The number of nitrogens with zero attached hydrogens (tertiary/aromatic N) is 2. The number of fused-ring (bicyclic) bond motifs is 1. The van der Waals surface area contributed by atoms with Crippen LogP contribution in [0.25, 0.3) is 0 Å². The first-order chi connectivity index (χ1) is 16.3. The molecule has 3 heterocycles. The summed E-state index contributed by atoms with van der Waals surface area (Å²) in [6, 6.07) is 7.75. The third kappa shape index (κ3) is 4.51. The van der Waals surface area contributed by atoms with Crippen LogP contribution < -0.4 is 9.46 Å². The molecule has 34 heavy (non-hydrogen) atoms. The first-order valence-electron chi connectivity index (χ1n) is 10.9. The van der Waals surface area contributed by atoms with Gasteiger partial charge in [0.1, 0.15) is 28.5 Å². The molecule has 2 aliphatic rings. The smallest absolute Gasteiger partial charge is 0.266 e. The van der Waals surface area contributed by atoms with Crippen LogP contribution in [-0.2, 0) is 10.0 Å². The van der Waals surface area contributed by atoms with Gasteiger partial charge in [-0.1, -0.05) is 12.1 Å². The van der Waals surface area contributed by atoms with Crippen molar-refractivity contribution < 1.29 is 26.3 Å². The first kappa shape index (κ1) is 23.1. The summed E-state index contributed by atoms with van der Waals surface area (Å²) in [5, 5.41) is 1.74. The predicted octanol–water partition coefficient (Wildman–Crippen LogP) is 5.22. The van der Waals surface area contributed by atoms with Crippen LogP contribution in [0.3, 0.4) is 0 Å². The SMILES string of the molecule is O=S(=O)(Nc1nccs1)c1cc2c(cc1F)[C@H](N1CCC(F)C[C@H]1c1ccc(F)cc1)CCO2. The number of nitrogens with one attached hydrogen (secondary N) is 1. The van der Waals surface area contributed by atoms with Crippen molar-refractivity contribution in [2.75, 3.05) is 17.9 Å². The third-order valence-corrected chi connectivity index (χ3v) is 8.42. The summed E-state index contributed by atoms with van der Waals surface area (Å²) in [4.78, 5) is 5.44. The van der Waals surface area contributed by atoms with Gasteiger partial charge >= 0.3 is 0 Å². The van der Waals surface area contributed by atoms with Crippen molar-refractivity contribution in [1.29, 1.82) is 0 Å². The molecule has 5 rings (SSSR count). The molecule has 1 saturated heterocycles. The lowest BCUT2D eigenvalue weighted by molar-refractivity contribution is 0.0342. The summed E-state index contributed by atoms with van der Waals surface area (Å²) in [5.74, 6) is -1.00. The van der Waals surface area contributed by atoms with Gasteiger partial charge in [0, 0.05) is 48.3 Å². The van der Waals surface area contributed by atoms with Gasteiger partial charge < -0.3 is 4.74 Å². The number of hydrogen-bond acceptors (Lipinski definition) is 6. The average molecular weight is 510 g/mol. The van der Waals surface area contributed by atoms with E-state index in [-0.39, 0.29) is 35.2 Å². The van der Waals surface area contributed by atoms with Crippen molar-refractivity contribution in [3.8, 4) is 5.75 Å². The molecule has 6 nitrogen and oxygen atoms in total. The van der Waals surface area contributed by atoms with Gasteiger partial charge in [0.05, 0.1) is 6.61 Å². The Morgan fingerprint density at radius 3 is 2.65 bits per heavy atom. The minimum absolute atomic E-state index is 0.132. The Morgan fingerprint density at radius 1 is 1.12 bits per heavy atom. The van der Waals surface area contributed by atoms with Gasteiger partial charge in [-0.15, -0.1) is 11.3 Å². The van der Waals surface area contributed by atoms with Crippen LogP contribution in [0.4, 0.5) is 18.3 Å². The van der Waals surface area contributed by atoms with Crippen LogP contribution >= 0.6 is 11.3 Å². The minimum atomic E-state index is -4.21. The molecule has 11 heteroatoms. The van der Waals surface area contributed by atoms with E-state index in [2.05, 4.69) is 14.6 Å². The molecular formula is C23H22F3N3O3S2. The molecule has 3 atom stereocenters. The number of anilines is 1. The normalized spacial score (nSPS) is 23.2. The fourth-order valence-corrected chi connectivity index (χ4v) is 6.56. The monoisotopic (exact) mass is 509 g/mol. The molecule has 2 aliphatic heterocycles. The Labute approximate surface area is 199 Å². The Hall–Kier alpha value is -2.63. The van der Waals surface area contributed by atoms with E-state index < -0.39 is 26.9 Å². The largest absolute Gasteiger partial charge is 0.493 e. The van der Waals surface area contributed by atoms with Crippen molar-refractivity contribution in [3.63, 3.8) is 0 Å². The Bertz CT molecular complexity index is 1270. The van der Waals surface area contributed by atoms with Gasteiger partial charge in [-0.05, 0) is 36.6 Å². The van der Waals surface area contributed by atoms with E-state index in [0.717, 1.165) is 16.9 Å². The van der Waals surface area contributed by atoms with Crippen molar-refractivity contribution in [1.82, 2.24) is 9.88 Å². The number of benzene rings is 2. The maximum atomic E-state index is 15.2. The molecule has 1 N–H and O–H groups in total. The quantitative estimate of drug-likeness (QED) is 0.511. The number of sulfonamides is 1. The molecular weight excluding hydrogens is 487 g/mol. The highest BCUT2D eigenvalue weighted by Crippen LogP contribution is 2.45. The number of halogens is 3. The van der Waals surface area contributed by atoms with Crippen LogP contribution in [-0.4, -0.2) is 37.6 Å². The van der Waals surface area contributed by atoms with E-state index in [4.69, 9.17) is 4.74 Å². The van der Waals surface area contributed by atoms with Gasteiger partial charge in [0.25, 0.3) is 10.0 Å². The van der Waals surface area contributed by atoms with Crippen LogP contribution in [0.5, 0.6) is 5.75 Å². The summed E-state index contributed by atoms with van der Waals surface area (Å²) in [7, 11) is -4.21. The minimum Gasteiger partial charge on any atom is -0.493 e. The molecule has 180 valence electrons. The molecule has 0 spiro atoms. The number of aromatic nitrogens is 1. The van der Waals surface area contributed by atoms with E-state index in [0.29, 0.717) is 31.6 Å². The number of hydrogen-bond donors (Lipinski definition) is 1. The summed E-state index contributed by atoms with van der Waals surface area (Å²) in [6.45, 7) is 0.731. The van der Waals surface area contributed by atoms with Crippen LogP contribution in [0.1, 0.15) is 42.5 Å². The predicted molar refractivity (Wildman–Crippen MR) is 122 cm³/mol. The standard InChI is InChI=1S/C23H22F3N3O3S2/c24-15-3-1-14(2-4-15)20-11-16(25)5-8-29(20)19-6-9-32-21-13-22(18(26)12-17(19)21)34(30,31)28-23-27-7-10-33-23/h1-4,7,10,12-13,16,19-20H,5-6,8-9,11H2,(H,27,28)/t16?,19-,20+/m1/s1. The molecule has 1 aromatic heterocycles. The van der Waals surface area contributed by atoms with Crippen molar-refractivity contribution in [2.45, 2.75) is 42.4 Å². The number of piperidine rings is 1. The maximum Gasteiger partial charge on any atom is 0.266 e. The number of likely N-dealkylation sites (tertiary alicyclic amines) is 1. The van der Waals surface area contributed by atoms with Crippen LogP contribution in [0.2, 0.25) is 0 Å². The van der Waals surface area contributed by atoms with Gasteiger partial charge in [0.15, 0.2) is 5.13 Å². The molecule has 0 saturated carbocycles. The fourth-order valence-electron chi connectivity index (χ4n) is 4.69. The summed E-state index contributed by atoms with van der Waals surface area (Å²) < 4.78 is 76.5. The van der Waals surface area contributed by atoms with Crippen LogP contribution in [0, 0.1) is 11.6 Å². The second-order valence-electron chi connectivity index (χ2n) is 8.34. The summed E-state index contributed by atoms with van der Waals surface area (Å²) in [5.41, 5.74) is 1.30. The maximum absolute atomic E-state index is 15.2. The highest BCUT2D eigenvalue weighted by Gasteiger charge is 2.38. The number of alkyl halides is 1. The number of ether oxygens (including phenoxy) is 1. The van der Waals surface area contributed by atoms with E-state index in [1.54, 1.807) is 17.5 Å². The van der Waals surface area contributed by atoms with Crippen molar-refractivity contribution >= 4 is 26.5 Å². The Kier molecular flexibility index (Phi) is 6.26. The summed E-state index contributed by atoms with van der Waals surface area (Å²) in [6.07, 6.45) is 1.55. The third-order valence-electron chi connectivity index (χ3n) is 6.25. The average Bonchev–Trinajstić information content (AvgIpc) is 3.31. The number of thiazole rings is 1. The molecule has 0 radical (unpaired) electrons. The fraction of sp³-hybridized carbons (Fsp3) is 0.348. The second-order valence-corrected chi connectivity index (χ2v) is 10.9. The lowest BCUT2D eigenvalue weighted by Gasteiger charge is -2.44. The number of rotatable bonds is 5. The molecule has 1 fully saturated rings. The lowest BCUT2D eigenvalue weighted by Crippen LogP contribution is -2.41. The Balaban J connectivity index is 1.49. The van der Waals surface area contributed by atoms with E-state index in [9.17, 15) is 17.2 Å². The molecule has 0 bridgehead atoms. The summed E-state index contributed by atoms with van der Waals surface area (Å²) >= 11 is 1.08. The lowest BCUT2D eigenvalue weighted by atomic mass is 9.89. The van der Waals surface area contributed by atoms with Crippen molar-refractivity contribution in [3.05, 3.63) is 70.7 Å². The molecule has 3 aromatic rings. The van der Waals surface area contributed by atoms with Gasteiger partial charge in [0.2, 0.25) is 0 Å². The van der Waals surface area contributed by atoms with Crippen molar-refractivity contribution in [2.24, 2.45) is 0 Å². The Morgan fingerprint density at radius 2 is 1.91 bits per heavy atom. The van der Waals surface area contributed by atoms with E-state index in [1.165, 1.54) is 30.5 Å². The van der Waals surface area contributed by atoms with Gasteiger partial charge in [-0.3, -0.25) is 9.62 Å². The van der Waals surface area contributed by atoms with Crippen LogP contribution in [0.15, 0.2) is 52.9 Å². The zero-order valence-electron chi connectivity index (χ0n) is 18.0. The topological polar surface area (TPSA) is 71.5 Å². The van der Waals surface area contributed by atoms with Gasteiger partial charge in [-0.25, -0.2) is 26.6 Å². The second kappa shape index (κ2) is 9.20.